The van der Waals surface area contributed by atoms with Gasteiger partial charge in [0, 0.05) is 23.7 Å². The van der Waals surface area contributed by atoms with Crippen molar-refractivity contribution in [2.45, 2.75) is 77.4 Å². The number of imidazole rings is 1. The van der Waals surface area contributed by atoms with E-state index in [0.29, 0.717) is 29.2 Å². The summed E-state index contributed by atoms with van der Waals surface area (Å²) in [5, 5.41) is 18.0. The van der Waals surface area contributed by atoms with Gasteiger partial charge in [-0.1, -0.05) is 30.7 Å². The van der Waals surface area contributed by atoms with Crippen molar-refractivity contribution in [3.63, 3.8) is 0 Å². The molecule has 1 heterocycles. The van der Waals surface area contributed by atoms with Crippen LogP contribution in [0.25, 0.3) is 0 Å². The van der Waals surface area contributed by atoms with Gasteiger partial charge in [-0.2, -0.15) is 0 Å². The Morgan fingerprint density at radius 3 is 2.76 bits per heavy atom. The minimum absolute atomic E-state index is 0.0103. The number of aromatic nitrogens is 2. The standard InChI is InChI=1S/C29H40N4O5/c1-27-10-7-19(33-38-16-25(34)32-24(26(35)37-4)14-20-15-30-17-31-20)13-18(27)5-6-21-22(27)8-11-28(2)23(21)9-12-29(28,3)36/h7,10,13,15,17,21-24,36H,5-6,8-9,11-12,14,16H2,1-4H3,(H,30,31)(H,32,34). The van der Waals surface area contributed by atoms with Crippen LogP contribution in [0.1, 0.15) is 65.0 Å². The van der Waals surface area contributed by atoms with E-state index in [0.717, 1.165) is 38.5 Å². The zero-order chi connectivity index (χ0) is 27.1. The van der Waals surface area contributed by atoms with Gasteiger partial charge in [0.05, 0.1) is 19.0 Å². The summed E-state index contributed by atoms with van der Waals surface area (Å²) in [6.07, 6.45) is 16.1. The molecule has 3 N–H and O–H groups in total. The van der Waals surface area contributed by atoms with Crippen molar-refractivity contribution in [1.82, 2.24) is 15.3 Å². The van der Waals surface area contributed by atoms with Crippen LogP contribution in [0.15, 0.2) is 41.5 Å². The first kappa shape index (κ1) is 26.7. The first-order valence-electron chi connectivity index (χ1n) is 13.7. The molecular weight excluding hydrogens is 484 g/mol. The Morgan fingerprint density at radius 2 is 2.03 bits per heavy atom. The summed E-state index contributed by atoms with van der Waals surface area (Å²) in [6, 6.07) is -0.849. The maximum atomic E-state index is 12.5. The molecule has 0 aliphatic heterocycles. The van der Waals surface area contributed by atoms with Gasteiger partial charge >= 0.3 is 5.97 Å². The van der Waals surface area contributed by atoms with Crippen LogP contribution in [-0.2, 0) is 25.6 Å². The fourth-order valence-electron chi connectivity index (χ4n) is 7.86. The van der Waals surface area contributed by atoms with Gasteiger partial charge in [-0.3, -0.25) is 4.79 Å². The molecule has 7 unspecified atom stereocenters. The SMILES string of the molecule is COC(=O)C(Cc1cnc[nH]1)NC(=O)CON=C1C=CC2(C)C(=C1)CCC1C2CCC2(C)C1CCC2(C)O. The lowest BCUT2D eigenvalue weighted by Crippen LogP contribution is -2.53. The number of ether oxygens (including phenoxy) is 1. The molecule has 9 heteroatoms. The highest BCUT2D eigenvalue weighted by atomic mass is 16.6. The molecule has 38 heavy (non-hydrogen) atoms. The molecule has 0 saturated heterocycles. The lowest BCUT2D eigenvalue weighted by atomic mass is 9.47. The number of hydrogen-bond acceptors (Lipinski definition) is 7. The number of carbonyl (C=O) groups is 2. The fourth-order valence-corrected chi connectivity index (χ4v) is 7.86. The Balaban J connectivity index is 1.20. The van der Waals surface area contributed by atoms with Crippen molar-refractivity contribution < 1.29 is 24.3 Å². The lowest BCUT2D eigenvalue weighted by molar-refractivity contribution is -0.145. The second-order valence-electron chi connectivity index (χ2n) is 12.2. The van der Waals surface area contributed by atoms with Crippen LogP contribution in [0.3, 0.4) is 0 Å². The van der Waals surface area contributed by atoms with Crippen molar-refractivity contribution in [3.8, 4) is 0 Å². The number of rotatable bonds is 7. The molecule has 7 atom stereocenters. The smallest absolute Gasteiger partial charge is 0.328 e. The predicted octanol–water partition coefficient (Wildman–Crippen LogP) is 3.47. The van der Waals surface area contributed by atoms with Gasteiger partial charge in [-0.05, 0) is 80.8 Å². The summed E-state index contributed by atoms with van der Waals surface area (Å²) in [6.45, 7) is 6.40. The number of hydrogen-bond donors (Lipinski definition) is 3. The third kappa shape index (κ3) is 4.59. The number of H-pyrrole nitrogens is 1. The van der Waals surface area contributed by atoms with Crippen molar-refractivity contribution in [2.75, 3.05) is 13.7 Å². The lowest BCUT2D eigenvalue weighted by Gasteiger charge is -2.58. The van der Waals surface area contributed by atoms with Crippen LogP contribution in [0.2, 0.25) is 0 Å². The van der Waals surface area contributed by atoms with Gasteiger partial charge in [0.25, 0.3) is 5.91 Å². The van der Waals surface area contributed by atoms with Gasteiger partial charge in [0.2, 0.25) is 0 Å². The Kier molecular flexibility index (Phi) is 7.00. The van der Waals surface area contributed by atoms with Crippen molar-refractivity contribution in [2.24, 2.45) is 33.7 Å². The highest BCUT2D eigenvalue weighted by Gasteiger charge is 2.61. The molecule has 3 saturated carbocycles. The number of esters is 1. The summed E-state index contributed by atoms with van der Waals surface area (Å²) < 4.78 is 4.81. The van der Waals surface area contributed by atoms with E-state index < -0.39 is 23.5 Å². The van der Waals surface area contributed by atoms with E-state index in [4.69, 9.17) is 9.57 Å². The zero-order valence-electron chi connectivity index (χ0n) is 22.8. The predicted molar refractivity (Wildman–Crippen MR) is 142 cm³/mol. The quantitative estimate of drug-likeness (QED) is 0.370. The summed E-state index contributed by atoms with van der Waals surface area (Å²) >= 11 is 0. The van der Waals surface area contributed by atoms with E-state index >= 15 is 0 Å². The third-order valence-corrected chi connectivity index (χ3v) is 10.3. The van der Waals surface area contributed by atoms with Crippen molar-refractivity contribution in [3.05, 3.63) is 42.0 Å². The van der Waals surface area contributed by atoms with Gasteiger partial charge in [-0.15, -0.1) is 0 Å². The van der Waals surface area contributed by atoms with Crippen LogP contribution in [-0.4, -0.2) is 58.0 Å². The third-order valence-electron chi connectivity index (χ3n) is 10.3. The summed E-state index contributed by atoms with van der Waals surface area (Å²) in [4.78, 5) is 36.8. The number of aromatic amines is 1. The van der Waals surface area contributed by atoms with E-state index in [1.165, 1.54) is 19.0 Å². The molecule has 0 aromatic carbocycles. The van der Waals surface area contributed by atoms with Gasteiger partial charge in [0.15, 0.2) is 6.61 Å². The average molecular weight is 525 g/mol. The first-order chi connectivity index (χ1) is 18.1. The van der Waals surface area contributed by atoms with Crippen LogP contribution in [0, 0.1) is 28.6 Å². The molecule has 0 radical (unpaired) electrons. The topological polar surface area (TPSA) is 126 Å². The second kappa shape index (κ2) is 9.98. The number of methoxy groups -OCH3 is 1. The van der Waals surface area contributed by atoms with Crippen LogP contribution in [0.4, 0.5) is 0 Å². The molecule has 1 aromatic rings. The second-order valence-corrected chi connectivity index (χ2v) is 12.2. The average Bonchev–Trinajstić information content (AvgIpc) is 3.48. The highest BCUT2D eigenvalue weighted by molar-refractivity contribution is 6.05. The number of allylic oxidation sites excluding steroid dienone is 4. The van der Waals surface area contributed by atoms with Crippen LogP contribution in [0.5, 0.6) is 0 Å². The molecule has 0 spiro atoms. The Bertz CT molecular complexity index is 1160. The largest absolute Gasteiger partial charge is 0.467 e. The zero-order valence-corrected chi connectivity index (χ0v) is 22.8. The van der Waals surface area contributed by atoms with Crippen LogP contribution < -0.4 is 5.32 Å². The molecular formula is C29H40N4O5. The number of amides is 1. The molecule has 9 nitrogen and oxygen atoms in total. The van der Waals surface area contributed by atoms with E-state index in [1.807, 2.05) is 13.0 Å². The Hall–Kier alpha value is -2.94. The van der Waals surface area contributed by atoms with Gasteiger partial charge < -0.3 is 25.0 Å². The number of aliphatic hydroxyl groups is 1. The van der Waals surface area contributed by atoms with E-state index in [1.54, 1.807) is 6.20 Å². The van der Waals surface area contributed by atoms with Gasteiger partial charge in [0.1, 0.15) is 11.8 Å². The van der Waals surface area contributed by atoms with Crippen LogP contribution >= 0.6 is 0 Å². The van der Waals surface area contributed by atoms with E-state index in [-0.39, 0.29) is 23.9 Å². The number of fused-ring (bicyclic) bond motifs is 5. The molecule has 4 aliphatic rings. The first-order valence-corrected chi connectivity index (χ1v) is 13.7. The number of oxime groups is 1. The number of nitrogens with zero attached hydrogens (tertiary/aromatic N) is 2. The van der Waals surface area contributed by atoms with Crippen molar-refractivity contribution in [1.29, 1.82) is 0 Å². The summed E-state index contributed by atoms with van der Waals surface area (Å²) in [7, 11) is 1.28. The molecule has 4 aliphatic carbocycles. The van der Waals surface area contributed by atoms with Gasteiger partial charge in [-0.25, -0.2) is 9.78 Å². The summed E-state index contributed by atoms with van der Waals surface area (Å²) in [5.74, 6) is 0.752. The maximum absolute atomic E-state index is 12.5. The van der Waals surface area contributed by atoms with Crippen molar-refractivity contribution >= 4 is 17.6 Å². The summed E-state index contributed by atoms with van der Waals surface area (Å²) in [5.41, 5.74) is 2.19. The highest BCUT2D eigenvalue weighted by Crippen LogP contribution is 2.66. The molecule has 5 rings (SSSR count). The molecule has 3 fully saturated rings. The Labute approximate surface area is 224 Å². The Morgan fingerprint density at radius 1 is 1.24 bits per heavy atom. The normalized spacial score (nSPS) is 37.4. The molecule has 1 amide bonds. The maximum Gasteiger partial charge on any atom is 0.328 e. The van der Waals surface area contributed by atoms with E-state index in [2.05, 4.69) is 46.4 Å². The molecule has 0 bridgehead atoms. The minimum atomic E-state index is -0.849. The minimum Gasteiger partial charge on any atom is -0.467 e. The monoisotopic (exact) mass is 524 g/mol. The number of nitrogens with one attached hydrogen (secondary N) is 2. The van der Waals surface area contributed by atoms with E-state index in [9.17, 15) is 14.7 Å². The number of carbonyl (C=O) groups excluding carboxylic acids is 2. The fraction of sp³-hybridized carbons (Fsp3) is 0.655. The molecule has 206 valence electrons. The molecule has 1 aromatic heterocycles.